The van der Waals surface area contributed by atoms with Crippen LogP contribution in [0.5, 0.6) is 0 Å². The number of carboxylic acids is 1. The van der Waals surface area contributed by atoms with Crippen LogP contribution in [0.2, 0.25) is 0 Å². The number of hydrogen-bond donors (Lipinski definition) is 3. The zero-order valence-corrected chi connectivity index (χ0v) is 11.2. The zero-order valence-electron chi connectivity index (χ0n) is 10.4. The first-order chi connectivity index (χ1) is 10.0. The van der Waals surface area contributed by atoms with Crippen LogP contribution in [0.25, 0.3) is 10.1 Å². The van der Waals surface area contributed by atoms with Crippen molar-refractivity contribution in [1.29, 1.82) is 0 Å². The van der Waals surface area contributed by atoms with Crippen LogP contribution >= 0.6 is 11.3 Å². The molecular formula is C13H8FN3O3S. The Hall–Kier alpha value is -2.74. The lowest BCUT2D eigenvalue weighted by Gasteiger charge is -1.97. The zero-order chi connectivity index (χ0) is 15.0. The fraction of sp³-hybridized carbons (Fsp3) is 0. The van der Waals surface area contributed by atoms with Crippen molar-refractivity contribution >= 4 is 39.1 Å². The Balaban J connectivity index is 1.84. The molecule has 0 unspecified atom stereocenters. The predicted octanol–water partition coefficient (Wildman–Crippen LogP) is 2.71. The molecule has 21 heavy (non-hydrogen) atoms. The summed E-state index contributed by atoms with van der Waals surface area (Å²) >= 11 is 1.21. The first-order valence-electron chi connectivity index (χ1n) is 5.82. The van der Waals surface area contributed by atoms with Crippen molar-refractivity contribution < 1.29 is 19.1 Å². The van der Waals surface area contributed by atoms with E-state index < -0.39 is 11.9 Å². The number of carboxylic acid groups (broad SMARTS) is 1. The highest BCUT2D eigenvalue weighted by Crippen LogP contribution is 2.26. The highest BCUT2D eigenvalue weighted by atomic mass is 32.1. The maximum atomic E-state index is 13.1. The molecule has 0 aliphatic rings. The molecule has 0 fully saturated rings. The molecule has 3 N–H and O–H groups in total. The van der Waals surface area contributed by atoms with E-state index in [1.165, 1.54) is 29.5 Å². The first-order valence-corrected chi connectivity index (χ1v) is 6.64. The summed E-state index contributed by atoms with van der Waals surface area (Å²) in [7, 11) is 0. The summed E-state index contributed by atoms with van der Waals surface area (Å²) in [6.45, 7) is 0. The van der Waals surface area contributed by atoms with Gasteiger partial charge in [0.1, 0.15) is 11.5 Å². The summed E-state index contributed by atoms with van der Waals surface area (Å²) < 4.78 is 13.9. The Bertz CT molecular complexity index is 855. The molecule has 3 rings (SSSR count). The number of fused-ring (bicyclic) bond motifs is 1. The number of anilines is 1. The molecule has 2 heterocycles. The van der Waals surface area contributed by atoms with Crippen LogP contribution < -0.4 is 5.32 Å². The minimum Gasteiger partial charge on any atom is -0.477 e. The Kier molecular flexibility index (Phi) is 3.15. The second-order valence-corrected chi connectivity index (χ2v) is 5.30. The Morgan fingerprint density at radius 2 is 2.10 bits per heavy atom. The third-order valence-electron chi connectivity index (χ3n) is 2.75. The summed E-state index contributed by atoms with van der Waals surface area (Å²) in [6.07, 6.45) is 0. The van der Waals surface area contributed by atoms with Gasteiger partial charge in [0.2, 0.25) is 0 Å². The Morgan fingerprint density at radius 3 is 2.81 bits per heavy atom. The van der Waals surface area contributed by atoms with E-state index in [9.17, 15) is 14.0 Å². The second-order valence-electron chi connectivity index (χ2n) is 4.22. The summed E-state index contributed by atoms with van der Waals surface area (Å²) in [5.41, 5.74) is -0.122. The molecule has 0 spiro atoms. The molecule has 3 aromatic rings. The molecule has 1 aromatic carbocycles. The molecule has 0 aliphatic heterocycles. The molecule has 0 bridgehead atoms. The van der Waals surface area contributed by atoms with Crippen LogP contribution in [0.3, 0.4) is 0 Å². The minimum absolute atomic E-state index is 0.112. The number of thiophene rings is 1. The van der Waals surface area contributed by atoms with Crippen LogP contribution in [0.15, 0.2) is 30.3 Å². The summed E-state index contributed by atoms with van der Waals surface area (Å²) in [4.78, 5) is 23.1. The molecule has 0 aliphatic carbocycles. The number of aromatic amines is 1. The van der Waals surface area contributed by atoms with Crippen LogP contribution in [-0.4, -0.2) is 27.2 Å². The van der Waals surface area contributed by atoms with Gasteiger partial charge in [0.05, 0.1) is 4.88 Å². The number of nitrogens with zero attached hydrogens (tertiary/aromatic N) is 1. The summed E-state index contributed by atoms with van der Waals surface area (Å²) in [5, 5.41) is 17.8. The van der Waals surface area contributed by atoms with Crippen molar-refractivity contribution in [2.24, 2.45) is 0 Å². The minimum atomic E-state index is -1.17. The normalized spacial score (nSPS) is 10.7. The van der Waals surface area contributed by atoms with Crippen molar-refractivity contribution in [2.75, 3.05) is 5.32 Å². The molecule has 6 nitrogen and oxygen atoms in total. The number of benzene rings is 1. The Morgan fingerprint density at radius 1 is 1.29 bits per heavy atom. The average molecular weight is 305 g/mol. The second kappa shape index (κ2) is 4.98. The third-order valence-corrected chi connectivity index (χ3v) is 3.87. The number of H-pyrrole nitrogens is 1. The molecule has 0 saturated heterocycles. The van der Waals surface area contributed by atoms with E-state index in [0.717, 1.165) is 4.70 Å². The lowest BCUT2D eigenvalue weighted by Crippen LogP contribution is -2.10. The molecule has 106 valence electrons. The molecule has 2 aromatic heterocycles. The van der Waals surface area contributed by atoms with Crippen LogP contribution in [0, 0.1) is 5.82 Å². The van der Waals surface area contributed by atoms with Crippen molar-refractivity contribution in [3.63, 3.8) is 0 Å². The quantitative estimate of drug-likeness (QED) is 0.693. The molecular weight excluding hydrogens is 297 g/mol. The molecule has 0 atom stereocenters. The van der Waals surface area contributed by atoms with E-state index in [1.807, 2.05) is 0 Å². The fourth-order valence-corrected chi connectivity index (χ4v) is 2.74. The highest BCUT2D eigenvalue weighted by Gasteiger charge is 2.14. The molecule has 8 heteroatoms. The largest absolute Gasteiger partial charge is 0.477 e. The smallest absolute Gasteiger partial charge is 0.353 e. The number of nitrogens with one attached hydrogen (secondary N) is 2. The van der Waals surface area contributed by atoms with Crippen molar-refractivity contribution in [3.05, 3.63) is 46.7 Å². The van der Waals surface area contributed by atoms with Crippen LogP contribution in [0.4, 0.5) is 10.2 Å². The van der Waals surface area contributed by atoms with Gasteiger partial charge >= 0.3 is 5.97 Å². The van der Waals surface area contributed by atoms with E-state index in [4.69, 9.17) is 5.11 Å². The molecule has 0 radical (unpaired) electrons. The standard InChI is InChI=1S/C13H8FN3O3S/c14-7-1-2-9-6(3-7)4-10(21-9)12(18)15-11-5-8(13(19)20)16-17-11/h1-5H,(H,19,20)(H2,15,16,17,18). The average Bonchev–Trinajstić information content (AvgIpc) is 3.04. The van der Waals surface area contributed by atoms with Crippen molar-refractivity contribution in [2.45, 2.75) is 0 Å². The fourth-order valence-electron chi connectivity index (χ4n) is 1.80. The maximum Gasteiger partial charge on any atom is 0.353 e. The number of hydrogen-bond acceptors (Lipinski definition) is 4. The number of amides is 1. The van der Waals surface area contributed by atoms with Gasteiger partial charge in [-0.1, -0.05) is 0 Å². The van der Waals surface area contributed by atoms with E-state index >= 15 is 0 Å². The van der Waals surface area contributed by atoms with Crippen molar-refractivity contribution in [1.82, 2.24) is 10.2 Å². The van der Waals surface area contributed by atoms with Gasteiger partial charge < -0.3 is 10.4 Å². The number of aromatic carboxylic acids is 1. The monoisotopic (exact) mass is 305 g/mol. The number of aromatic nitrogens is 2. The van der Waals surface area contributed by atoms with Gasteiger partial charge in [0, 0.05) is 10.8 Å². The molecule has 0 saturated carbocycles. The maximum absolute atomic E-state index is 13.1. The predicted molar refractivity (Wildman–Crippen MR) is 75.3 cm³/mol. The van der Waals surface area contributed by atoms with E-state index in [-0.39, 0.29) is 17.3 Å². The van der Waals surface area contributed by atoms with Gasteiger partial charge in [-0.3, -0.25) is 9.89 Å². The summed E-state index contributed by atoms with van der Waals surface area (Å²) in [6, 6.07) is 7.06. The Labute approximate surface area is 121 Å². The van der Waals surface area contributed by atoms with E-state index in [0.29, 0.717) is 10.3 Å². The third kappa shape index (κ3) is 2.61. The molecule has 1 amide bonds. The van der Waals surface area contributed by atoms with Gasteiger partial charge in [-0.15, -0.1) is 11.3 Å². The van der Waals surface area contributed by atoms with Gasteiger partial charge in [0.15, 0.2) is 5.82 Å². The first kappa shape index (κ1) is 13.3. The van der Waals surface area contributed by atoms with Gasteiger partial charge in [0.25, 0.3) is 5.91 Å². The van der Waals surface area contributed by atoms with Gasteiger partial charge in [-0.2, -0.15) is 5.10 Å². The number of carbonyl (C=O) groups is 2. The topological polar surface area (TPSA) is 95.1 Å². The SMILES string of the molecule is O=C(O)c1cc(NC(=O)c2cc3cc(F)ccc3s2)n[nH]1. The number of rotatable bonds is 3. The van der Waals surface area contributed by atoms with Gasteiger partial charge in [-0.25, -0.2) is 9.18 Å². The van der Waals surface area contributed by atoms with E-state index in [2.05, 4.69) is 15.5 Å². The number of carbonyl (C=O) groups excluding carboxylic acids is 1. The van der Waals surface area contributed by atoms with Crippen molar-refractivity contribution in [3.8, 4) is 0 Å². The van der Waals surface area contributed by atoms with E-state index in [1.54, 1.807) is 12.1 Å². The van der Waals surface area contributed by atoms with Gasteiger partial charge in [-0.05, 0) is 29.7 Å². The lowest BCUT2D eigenvalue weighted by atomic mass is 10.2. The summed E-state index contributed by atoms with van der Waals surface area (Å²) in [5.74, 6) is -1.85. The number of halogens is 1. The van der Waals surface area contributed by atoms with Crippen LogP contribution in [-0.2, 0) is 0 Å². The highest BCUT2D eigenvalue weighted by molar-refractivity contribution is 7.20. The lowest BCUT2D eigenvalue weighted by molar-refractivity contribution is 0.0690. The van der Waals surface area contributed by atoms with Crippen LogP contribution in [0.1, 0.15) is 20.2 Å².